The third kappa shape index (κ3) is 5.91. The lowest BCUT2D eigenvalue weighted by molar-refractivity contribution is -0.132. The molecule has 0 aliphatic carbocycles. The van der Waals surface area contributed by atoms with E-state index in [2.05, 4.69) is 36.9 Å². The van der Waals surface area contributed by atoms with Crippen LogP contribution in [0.5, 0.6) is 5.75 Å². The first-order valence-electron chi connectivity index (χ1n) is 12.0. The Hall–Kier alpha value is -2.47. The van der Waals surface area contributed by atoms with Crippen LogP contribution in [0.3, 0.4) is 0 Å². The summed E-state index contributed by atoms with van der Waals surface area (Å²) < 4.78 is 33.1. The molecule has 2 saturated heterocycles. The van der Waals surface area contributed by atoms with E-state index in [1.165, 1.54) is 17.7 Å². The second-order valence-electron chi connectivity index (χ2n) is 10.1. The maximum atomic E-state index is 13.9. The summed E-state index contributed by atoms with van der Waals surface area (Å²) in [6.07, 6.45) is 3.05. The first-order valence-corrected chi connectivity index (χ1v) is 12.0. The van der Waals surface area contributed by atoms with Crippen LogP contribution in [0.25, 0.3) is 0 Å². The van der Waals surface area contributed by atoms with Crippen molar-refractivity contribution >= 4 is 5.91 Å². The van der Waals surface area contributed by atoms with Gasteiger partial charge in [0.25, 0.3) is 0 Å². The van der Waals surface area contributed by atoms with E-state index in [4.69, 9.17) is 4.74 Å². The average molecular weight is 457 g/mol. The number of para-hydroxylation sites is 1. The van der Waals surface area contributed by atoms with Crippen molar-refractivity contribution in [1.29, 1.82) is 0 Å². The van der Waals surface area contributed by atoms with Crippen LogP contribution < -0.4 is 4.74 Å². The SMILES string of the molecule is CC(C)COc1ccccc1CN1CCC2(CCN(C(=O)Cc3ccc(F)cc3F)CC2)C1. The molecule has 0 unspecified atom stereocenters. The summed E-state index contributed by atoms with van der Waals surface area (Å²) in [7, 11) is 0. The predicted octanol–water partition coefficient (Wildman–Crippen LogP) is 5.06. The van der Waals surface area contributed by atoms with Gasteiger partial charge >= 0.3 is 0 Å². The van der Waals surface area contributed by atoms with Gasteiger partial charge in [0.15, 0.2) is 0 Å². The second kappa shape index (κ2) is 10.2. The van der Waals surface area contributed by atoms with E-state index >= 15 is 0 Å². The van der Waals surface area contributed by atoms with Gasteiger partial charge in [-0.2, -0.15) is 0 Å². The number of likely N-dealkylation sites (tertiary alicyclic amines) is 2. The van der Waals surface area contributed by atoms with E-state index in [0.717, 1.165) is 50.7 Å². The fourth-order valence-corrected chi connectivity index (χ4v) is 5.01. The van der Waals surface area contributed by atoms with Gasteiger partial charge < -0.3 is 9.64 Å². The second-order valence-corrected chi connectivity index (χ2v) is 10.1. The average Bonchev–Trinajstić information content (AvgIpc) is 3.17. The van der Waals surface area contributed by atoms with Crippen molar-refractivity contribution in [2.45, 2.75) is 46.1 Å². The normalized spacial score (nSPS) is 18.3. The lowest BCUT2D eigenvalue weighted by Gasteiger charge is -2.39. The zero-order valence-electron chi connectivity index (χ0n) is 19.7. The van der Waals surface area contributed by atoms with Crippen LogP contribution in [-0.4, -0.2) is 48.5 Å². The molecule has 2 aromatic rings. The van der Waals surface area contributed by atoms with Gasteiger partial charge in [-0.1, -0.05) is 38.1 Å². The topological polar surface area (TPSA) is 32.8 Å². The number of hydrogen-bond donors (Lipinski definition) is 0. The van der Waals surface area contributed by atoms with Crippen molar-refractivity contribution in [3.8, 4) is 5.75 Å². The molecule has 4 rings (SSSR count). The molecule has 0 atom stereocenters. The summed E-state index contributed by atoms with van der Waals surface area (Å²) in [4.78, 5) is 17.0. The summed E-state index contributed by atoms with van der Waals surface area (Å²) >= 11 is 0. The van der Waals surface area contributed by atoms with Crippen molar-refractivity contribution in [2.24, 2.45) is 11.3 Å². The minimum atomic E-state index is -0.652. The van der Waals surface area contributed by atoms with Crippen molar-refractivity contribution < 1.29 is 18.3 Å². The summed E-state index contributed by atoms with van der Waals surface area (Å²) in [5.41, 5.74) is 1.72. The number of rotatable bonds is 7. The molecule has 178 valence electrons. The number of amides is 1. The molecule has 1 amide bonds. The molecule has 2 heterocycles. The van der Waals surface area contributed by atoms with Crippen molar-refractivity contribution in [3.63, 3.8) is 0 Å². The smallest absolute Gasteiger partial charge is 0.227 e. The molecule has 0 aromatic heterocycles. The Morgan fingerprint density at radius 3 is 2.48 bits per heavy atom. The van der Waals surface area contributed by atoms with Gasteiger partial charge in [0.2, 0.25) is 5.91 Å². The highest BCUT2D eigenvalue weighted by Gasteiger charge is 2.41. The zero-order chi connectivity index (χ0) is 23.4. The first-order chi connectivity index (χ1) is 15.8. The van der Waals surface area contributed by atoms with Gasteiger partial charge in [0, 0.05) is 37.8 Å². The van der Waals surface area contributed by atoms with Crippen LogP contribution in [0.4, 0.5) is 8.78 Å². The largest absolute Gasteiger partial charge is 0.493 e. The minimum absolute atomic E-state index is 0.0155. The standard InChI is InChI=1S/C27H34F2N2O2/c1-20(2)18-33-25-6-4-3-5-22(25)17-30-12-9-27(19-30)10-13-31(14-11-27)26(32)15-21-7-8-23(28)16-24(21)29/h3-8,16,20H,9-15,17-19H2,1-2H3. The van der Waals surface area contributed by atoms with Gasteiger partial charge in [0.1, 0.15) is 17.4 Å². The van der Waals surface area contributed by atoms with Crippen LogP contribution in [0.15, 0.2) is 42.5 Å². The number of nitrogens with zero attached hydrogens (tertiary/aromatic N) is 2. The van der Waals surface area contributed by atoms with E-state index < -0.39 is 11.6 Å². The molecule has 2 aromatic carbocycles. The molecule has 0 N–H and O–H groups in total. The molecular formula is C27H34F2N2O2. The maximum Gasteiger partial charge on any atom is 0.227 e. The van der Waals surface area contributed by atoms with Gasteiger partial charge in [0.05, 0.1) is 13.0 Å². The number of carbonyl (C=O) groups excluding carboxylic acids is 1. The highest BCUT2D eigenvalue weighted by molar-refractivity contribution is 5.79. The van der Waals surface area contributed by atoms with Gasteiger partial charge in [-0.3, -0.25) is 9.69 Å². The van der Waals surface area contributed by atoms with Crippen LogP contribution in [-0.2, 0) is 17.8 Å². The Morgan fingerprint density at radius 2 is 1.76 bits per heavy atom. The molecule has 1 spiro atoms. The zero-order valence-corrected chi connectivity index (χ0v) is 19.7. The van der Waals surface area contributed by atoms with Crippen LogP contribution in [0, 0.1) is 23.0 Å². The number of ether oxygens (including phenoxy) is 1. The summed E-state index contributed by atoms with van der Waals surface area (Å²) in [6.45, 7) is 9.37. The molecule has 2 aliphatic heterocycles. The third-order valence-electron chi connectivity index (χ3n) is 6.99. The van der Waals surface area contributed by atoms with Crippen molar-refractivity contribution in [1.82, 2.24) is 9.80 Å². The molecule has 33 heavy (non-hydrogen) atoms. The third-order valence-corrected chi connectivity index (χ3v) is 6.99. The summed E-state index contributed by atoms with van der Waals surface area (Å²) in [6, 6.07) is 11.7. The van der Waals surface area contributed by atoms with E-state index in [0.29, 0.717) is 25.6 Å². The van der Waals surface area contributed by atoms with E-state index in [1.54, 1.807) is 0 Å². The van der Waals surface area contributed by atoms with Gasteiger partial charge in [-0.15, -0.1) is 0 Å². The summed E-state index contributed by atoms with van der Waals surface area (Å²) in [5.74, 6) is 0.104. The molecule has 2 aliphatic rings. The Bertz CT molecular complexity index is 970. The van der Waals surface area contributed by atoms with Crippen molar-refractivity contribution in [2.75, 3.05) is 32.8 Å². The van der Waals surface area contributed by atoms with E-state index in [9.17, 15) is 13.6 Å². The molecule has 0 radical (unpaired) electrons. The Kier molecular flexibility index (Phi) is 7.32. The Labute approximate surface area is 195 Å². The lowest BCUT2D eigenvalue weighted by Crippen LogP contribution is -2.44. The Balaban J connectivity index is 1.30. The van der Waals surface area contributed by atoms with Gasteiger partial charge in [-0.25, -0.2) is 8.78 Å². The number of hydrogen-bond acceptors (Lipinski definition) is 3. The molecule has 0 bridgehead atoms. The monoisotopic (exact) mass is 456 g/mol. The van der Waals surface area contributed by atoms with Crippen LogP contribution >= 0.6 is 0 Å². The molecule has 2 fully saturated rings. The predicted molar refractivity (Wildman–Crippen MR) is 125 cm³/mol. The number of halogens is 2. The highest BCUT2D eigenvalue weighted by Crippen LogP contribution is 2.41. The molecule has 6 heteroatoms. The fourth-order valence-electron chi connectivity index (χ4n) is 5.01. The number of benzene rings is 2. The fraction of sp³-hybridized carbons (Fsp3) is 0.519. The van der Waals surface area contributed by atoms with Crippen LogP contribution in [0.2, 0.25) is 0 Å². The van der Waals surface area contributed by atoms with Gasteiger partial charge in [-0.05, 0) is 54.8 Å². The minimum Gasteiger partial charge on any atom is -0.493 e. The summed E-state index contributed by atoms with van der Waals surface area (Å²) in [5, 5.41) is 0. The van der Waals surface area contributed by atoms with E-state index in [-0.39, 0.29) is 23.3 Å². The number of carbonyl (C=O) groups is 1. The quantitative estimate of drug-likeness (QED) is 0.584. The van der Waals surface area contributed by atoms with E-state index in [1.807, 2.05) is 11.0 Å². The van der Waals surface area contributed by atoms with Crippen LogP contribution in [0.1, 0.15) is 44.2 Å². The molecular weight excluding hydrogens is 422 g/mol. The maximum absolute atomic E-state index is 13.9. The Morgan fingerprint density at radius 1 is 1.03 bits per heavy atom. The van der Waals surface area contributed by atoms with Crippen molar-refractivity contribution in [3.05, 3.63) is 65.2 Å². The lowest BCUT2D eigenvalue weighted by atomic mass is 9.77. The number of piperidine rings is 1. The first kappa shape index (κ1) is 23.7. The molecule has 4 nitrogen and oxygen atoms in total. The highest BCUT2D eigenvalue weighted by atomic mass is 19.1. The molecule has 0 saturated carbocycles.